The van der Waals surface area contributed by atoms with Gasteiger partial charge in [-0.05, 0) is 37.6 Å². The summed E-state index contributed by atoms with van der Waals surface area (Å²) in [6, 6.07) is 11.7. The number of piperidine rings is 1. The van der Waals surface area contributed by atoms with Crippen LogP contribution in [-0.2, 0) is 0 Å². The van der Waals surface area contributed by atoms with E-state index >= 15 is 0 Å². The van der Waals surface area contributed by atoms with E-state index < -0.39 is 0 Å². The van der Waals surface area contributed by atoms with Crippen LogP contribution in [0.2, 0.25) is 0 Å². The van der Waals surface area contributed by atoms with Crippen LogP contribution >= 0.6 is 12.4 Å². The first kappa shape index (κ1) is 17.4. The van der Waals surface area contributed by atoms with Gasteiger partial charge < -0.3 is 10.6 Å². The van der Waals surface area contributed by atoms with Crippen LogP contribution < -0.4 is 10.6 Å². The molecule has 2 N–H and O–H groups in total. The molecule has 0 saturated carbocycles. The Morgan fingerprint density at radius 2 is 2.12 bits per heavy atom. The van der Waals surface area contributed by atoms with Crippen molar-refractivity contribution in [2.45, 2.75) is 18.9 Å². The van der Waals surface area contributed by atoms with Crippen molar-refractivity contribution in [3.63, 3.8) is 0 Å². The monoisotopic (exact) mass is 357 g/mol. The Labute approximate surface area is 152 Å². The SMILES string of the molecule is Cl.O=C(Nc1cccc2cccnc12)c1ccn(C2CCCNC2)n1. The molecule has 0 bridgehead atoms. The Morgan fingerprint density at radius 3 is 2.96 bits per heavy atom. The van der Waals surface area contributed by atoms with Crippen LogP contribution in [0.1, 0.15) is 29.4 Å². The number of aromatic nitrogens is 3. The number of benzene rings is 1. The number of amides is 1. The molecule has 2 aromatic heterocycles. The zero-order valence-electron chi connectivity index (χ0n) is 13.7. The third-order valence-corrected chi connectivity index (χ3v) is 4.37. The van der Waals surface area contributed by atoms with E-state index in [0.29, 0.717) is 17.4 Å². The van der Waals surface area contributed by atoms with E-state index in [0.717, 1.165) is 36.8 Å². The van der Waals surface area contributed by atoms with Gasteiger partial charge in [0, 0.05) is 24.3 Å². The van der Waals surface area contributed by atoms with E-state index in [1.165, 1.54) is 0 Å². The molecule has 6 nitrogen and oxygen atoms in total. The van der Waals surface area contributed by atoms with Gasteiger partial charge in [-0.15, -0.1) is 12.4 Å². The Kier molecular flexibility index (Phi) is 5.31. The fourth-order valence-corrected chi connectivity index (χ4v) is 3.11. The lowest BCUT2D eigenvalue weighted by Gasteiger charge is -2.22. The number of pyridine rings is 1. The smallest absolute Gasteiger partial charge is 0.276 e. The minimum absolute atomic E-state index is 0. The third kappa shape index (κ3) is 3.65. The van der Waals surface area contributed by atoms with Crippen molar-refractivity contribution in [2.75, 3.05) is 18.4 Å². The number of fused-ring (bicyclic) bond motifs is 1. The Morgan fingerprint density at radius 1 is 1.24 bits per heavy atom. The summed E-state index contributed by atoms with van der Waals surface area (Å²) in [5.41, 5.74) is 1.91. The van der Waals surface area contributed by atoms with Crippen LogP contribution in [0.25, 0.3) is 10.9 Å². The summed E-state index contributed by atoms with van der Waals surface area (Å²) in [5.74, 6) is -0.212. The van der Waals surface area contributed by atoms with Crippen molar-refractivity contribution in [1.29, 1.82) is 0 Å². The average Bonchev–Trinajstić information content (AvgIpc) is 3.13. The summed E-state index contributed by atoms with van der Waals surface area (Å²) in [6.07, 6.45) is 5.83. The van der Waals surface area contributed by atoms with E-state index in [2.05, 4.69) is 20.7 Å². The maximum absolute atomic E-state index is 12.5. The minimum Gasteiger partial charge on any atom is -0.319 e. The Balaban J connectivity index is 0.00000182. The number of anilines is 1. The summed E-state index contributed by atoms with van der Waals surface area (Å²) < 4.78 is 1.89. The fraction of sp³-hybridized carbons (Fsp3) is 0.278. The van der Waals surface area contributed by atoms with Crippen LogP contribution in [0.3, 0.4) is 0 Å². The molecule has 1 unspecified atom stereocenters. The van der Waals surface area contributed by atoms with Gasteiger partial charge >= 0.3 is 0 Å². The second kappa shape index (κ2) is 7.63. The Hall–Kier alpha value is -2.44. The minimum atomic E-state index is -0.212. The molecule has 4 rings (SSSR count). The van der Waals surface area contributed by atoms with Gasteiger partial charge in [0.25, 0.3) is 5.91 Å². The van der Waals surface area contributed by atoms with Gasteiger partial charge in [-0.1, -0.05) is 18.2 Å². The topological polar surface area (TPSA) is 71.8 Å². The molecular weight excluding hydrogens is 338 g/mol. The standard InChI is InChI=1S/C18H19N5O.ClH/c24-18(16-8-11-23(22-16)14-6-3-9-19-12-14)21-15-7-1-4-13-5-2-10-20-17(13)15;/h1-2,4-5,7-8,10-11,14,19H,3,6,9,12H2,(H,21,24);1H. The molecule has 7 heteroatoms. The van der Waals surface area contributed by atoms with Gasteiger partial charge in [-0.25, -0.2) is 0 Å². The number of nitrogens with one attached hydrogen (secondary N) is 2. The molecule has 0 aliphatic carbocycles. The summed E-state index contributed by atoms with van der Waals surface area (Å²) >= 11 is 0. The lowest BCUT2D eigenvalue weighted by atomic mass is 10.1. The molecule has 1 fully saturated rings. The summed E-state index contributed by atoms with van der Waals surface area (Å²) in [5, 5.41) is 11.7. The summed E-state index contributed by atoms with van der Waals surface area (Å²) in [4.78, 5) is 16.9. The molecule has 1 aliphatic heterocycles. The van der Waals surface area contributed by atoms with Crippen molar-refractivity contribution >= 4 is 34.9 Å². The molecule has 3 heterocycles. The van der Waals surface area contributed by atoms with E-state index in [4.69, 9.17) is 0 Å². The first-order chi connectivity index (χ1) is 11.8. The number of carbonyl (C=O) groups is 1. The highest BCUT2D eigenvalue weighted by Gasteiger charge is 2.18. The molecule has 1 atom stereocenters. The van der Waals surface area contributed by atoms with Gasteiger partial charge in [0.1, 0.15) is 0 Å². The highest BCUT2D eigenvalue weighted by Crippen LogP contribution is 2.21. The molecule has 130 valence electrons. The van der Waals surface area contributed by atoms with Crippen molar-refractivity contribution in [3.05, 3.63) is 54.5 Å². The van der Waals surface area contributed by atoms with E-state index in [1.54, 1.807) is 12.3 Å². The van der Waals surface area contributed by atoms with E-state index in [1.807, 2.05) is 41.2 Å². The van der Waals surface area contributed by atoms with Gasteiger partial charge in [0.05, 0.1) is 17.2 Å². The highest BCUT2D eigenvalue weighted by atomic mass is 35.5. The second-order valence-corrected chi connectivity index (χ2v) is 6.02. The quantitative estimate of drug-likeness (QED) is 0.755. The number of hydrogen-bond donors (Lipinski definition) is 2. The van der Waals surface area contributed by atoms with Crippen LogP contribution in [0, 0.1) is 0 Å². The molecule has 0 radical (unpaired) electrons. The molecular formula is C18H20ClN5O. The van der Waals surface area contributed by atoms with Gasteiger partial charge in [0.2, 0.25) is 0 Å². The predicted molar refractivity (Wildman–Crippen MR) is 100 cm³/mol. The molecule has 3 aromatic rings. The average molecular weight is 358 g/mol. The number of carbonyl (C=O) groups excluding carboxylic acids is 1. The van der Waals surface area contributed by atoms with E-state index in [-0.39, 0.29) is 18.3 Å². The molecule has 1 aliphatic rings. The predicted octanol–water partition coefficient (Wildman–Crippen LogP) is 3.03. The number of hydrogen-bond acceptors (Lipinski definition) is 4. The zero-order chi connectivity index (χ0) is 16.4. The van der Waals surface area contributed by atoms with Crippen molar-refractivity contribution in [2.24, 2.45) is 0 Å². The zero-order valence-corrected chi connectivity index (χ0v) is 14.5. The molecule has 1 amide bonds. The number of nitrogens with zero attached hydrogens (tertiary/aromatic N) is 3. The third-order valence-electron chi connectivity index (χ3n) is 4.37. The Bertz CT molecular complexity index is 867. The maximum Gasteiger partial charge on any atom is 0.276 e. The first-order valence-corrected chi connectivity index (χ1v) is 8.22. The first-order valence-electron chi connectivity index (χ1n) is 8.22. The number of rotatable bonds is 3. The lowest BCUT2D eigenvalue weighted by molar-refractivity contribution is 0.102. The van der Waals surface area contributed by atoms with Gasteiger partial charge in [-0.3, -0.25) is 14.5 Å². The second-order valence-electron chi connectivity index (χ2n) is 6.02. The summed E-state index contributed by atoms with van der Waals surface area (Å²) in [7, 11) is 0. The van der Waals surface area contributed by atoms with Crippen LogP contribution in [-0.4, -0.2) is 33.8 Å². The van der Waals surface area contributed by atoms with Crippen LogP contribution in [0.15, 0.2) is 48.8 Å². The van der Waals surface area contributed by atoms with Gasteiger partial charge in [-0.2, -0.15) is 5.10 Å². The highest BCUT2D eigenvalue weighted by molar-refractivity contribution is 6.07. The normalized spacial score (nSPS) is 17.0. The largest absolute Gasteiger partial charge is 0.319 e. The van der Waals surface area contributed by atoms with Crippen LogP contribution in [0.5, 0.6) is 0 Å². The van der Waals surface area contributed by atoms with Crippen molar-refractivity contribution in [1.82, 2.24) is 20.1 Å². The van der Waals surface area contributed by atoms with Gasteiger partial charge in [0.15, 0.2) is 5.69 Å². The fourth-order valence-electron chi connectivity index (χ4n) is 3.11. The molecule has 1 saturated heterocycles. The van der Waals surface area contributed by atoms with Crippen molar-refractivity contribution in [3.8, 4) is 0 Å². The maximum atomic E-state index is 12.5. The number of para-hydroxylation sites is 1. The summed E-state index contributed by atoms with van der Waals surface area (Å²) in [6.45, 7) is 1.95. The lowest BCUT2D eigenvalue weighted by Crippen LogP contribution is -2.32. The molecule has 1 aromatic carbocycles. The van der Waals surface area contributed by atoms with Crippen molar-refractivity contribution < 1.29 is 4.79 Å². The van der Waals surface area contributed by atoms with E-state index in [9.17, 15) is 4.79 Å². The molecule has 25 heavy (non-hydrogen) atoms. The molecule has 0 spiro atoms. The van der Waals surface area contributed by atoms with Crippen LogP contribution in [0.4, 0.5) is 5.69 Å². The number of halogens is 1.